The monoisotopic (exact) mass is 264 g/mol. The average Bonchev–Trinajstić information content (AvgIpc) is 2.46. The van der Waals surface area contributed by atoms with E-state index in [1.165, 1.54) is 4.90 Å². The lowest BCUT2D eigenvalue weighted by Gasteiger charge is -2.24. The summed E-state index contributed by atoms with van der Waals surface area (Å²) in [6, 6.07) is 10.3. The molecular weight excluding hydrogens is 244 g/mol. The van der Waals surface area contributed by atoms with Gasteiger partial charge in [0, 0.05) is 10.6 Å². The number of aliphatic hydroxyl groups is 1. The molecule has 1 N–H and O–H groups in total. The van der Waals surface area contributed by atoms with Gasteiger partial charge in [0.1, 0.15) is 0 Å². The fourth-order valence-electron chi connectivity index (χ4n) is 2.01. The largest absolute Gasteiger partial charge is 0.388 e. The predicted octanol–water partition coefficient (Wildman–Crippen LogP) is 3.12. The van der Waals surface area contributed by atoms with Crippen LogP contribution in [-0.4, -0.2) is 30.2 Å². The summed E-state index contributed by atoms with van der Waals surface area (Å²) in [6.07, 6.45) is 2.56. The third-order valence-corrected chi connectivity index (χ3v) is 4.47. The molecule has 18 heavy (non-hydrogen) atoms. The predicted molar refractivity (Wildman–Crippen MR) is 75.9 cm³/mol. The molecule has 0 fully saturated rings. The first-order valence-corrected chi connectivity index (χ1v) is 7.38. The summed E-state index contributed by atoms with van der Waals surface area (Å²) in [4.78, 5) is 1.26. The lowest BCUT2D eigenvalue weighted by Crippen LogP contribution is -2.25. The van der Waals surface area contributed by atoms with Gasteiger partial charge in [-0.3, -0.25) is 0 Å². The van der Waals surface area contributed by atoms with Gasteiger partial charge < -0.3 is 9.84 Å². The molecule has 0 unspecified atom stereocenters. The molecule has 0 bridgehead atoms. The summed E-state index contributed by atoms with van der Waals surface area (Å²) < 4.78 is 5.27. The van der Waals surface area contributed by atoms with Crippen LogP contribution in [-0.2, 0) is 4.74 Å². The lowest BCUT2D eigenvalue weighted by atomic mass is 9.96. The zero-order chi connectivity index (χ0) is 12.8. The molecule has 1 aromatic rings. The van der Waals surface area contributed by atoms with E-state index in [2.05, 4.69) is 19.1 Å². The number of hydrogen-bond donors (Lipinski definition) is 1. The minimum atomic E-state index is -0.329. The molecular formula is C15H20O2S. The third kappa shape index (κ3) is 3.87. The average molecular weight is 264 g/mol. The second-order valence-electron chi connectivity index (χ2n) is 4.65. The molecule has 2 nitrogen and oxygen atoms in total. The van der Waals surface area contributed by atoms with Crippen LogP contribution in [0.15, 0.2) is 46.9 Å². The van der Waals surface area contributed by atoms with E-state index in [-0.39, 0.29) is 12.0 Å². The highest BCUT2D eigenvalue weighted by Crippen LogP contribution is 2.25. The standard InChI is InChI=1S/C15H20O2S/c1-12(11-18-14-5-3-2-4-6-14)15(16)13-7-9-17-10-8-13/h2-7,12,15-16H,8-11H2,1H3/t12-,15-/m1/s1. The Kier molecular flexibility index (Phi) is 5.29. The number of ether oxygens (including phenoxy) is 1. The van der Waals surface area contributed by atoms with Crippen LogP contribution in [0.1, 0.15) is 13.3 Å². The van der Waals surface area contributed by atoms with Crippen molar-refractivity contribution in [2.75, 3.05) is 19.0 Å². The lowest BCUT2D eigenvalue weighted by molar-refractivity contribution is 0.117. The van der Waals surface area contributed by atoms with E-state index in [0.717, 1.165) is 24.4 Å². The molecule has 2 atom stereocenters. The highest BCUT2D eigenvalue weighted by Gasteiger charge is 2.20. The summed E-state index contributed by atoms with van der Waals surface area (Å²) >= 11 is 1.80. The van der Waals surface area contributed by atoms with Crippen LogP contribution < -0.4 is 0 Å². The van der Waals surface area contributed by atoms with E-state index in [0.29, 0.717) is 6.61 Å². The minimum absolute atomic E-state index is 0.263. The van der Waals surface area contributed by atoms with E-state index in [1.807, 2.05) is 24.3 Å². The maximum atomic E-state index is 10.3. The van der Waals surface area contributed by atoms with Gasteiger partial charge in [-0.1, -0.05) is 31.2 Å². The van der Waals surface area contributed by atoms with Crippen molar-refractivity contribution in [1.29, 1.82) is 0 Å². The molecule has 98 valence electrons. The van der Waals surface area contributed by atoms with Gasteiger partial charge in [-0.2, -0.15) is 0 Å². The topological polar surface area (TPSA) is 29.5 Å². The maximum Gasteiger partial charge on any atom is 0.0785 e. The Morgan fingerprint density at radius 1 is 1.33 bits per heavy atom. The zero-order valence-corrected chi connectivity index (χ0v) is 11.5. The summed E-state index contributed by atoms with van der Waals surface area (Å²) in [7, 11) is 0. The van der Waals surface area contributed by atoms with E-state index in [1.54, 1.807) is 11.8 Å². The van der Waals surface area contributed by atoms with Crippen LogP contribution >= 0.6 is 11.8 Å². The SMILES string of the molecule is C[C@H](CSc1ccccc1)[C@@H](O)C1=CCOCC1. The molecule has 1 aromatic carbocycles. The van der Waals surface area contributed by atoms with Crippen LogP contribution in [0.2, 0.25) is 0 Å². The number of aliphatic hydroxyl groups excluding tert-OH is 1. The Morgan fingerprint density at radius 2 is 2.11 bits per heavy atom. The highest BCUT2D eigenvalue weighted by atomic mass is 32.2. The van der Waals surface area contributed by atoms with Crippen LogP contribution in [0.4, 0.5) is 0 Å². The van der Waals surface area contributed by atoms with E-state index >= 15 is 0 Å². The molecule has 0 amide bonds. The Bertz CT molecular complexity index is 389. The highest BCUT2D eigenvalue weighted by molar-refractivity contribution is 7.99. The summed E-state index contributed by atoms with van der Waals surface area (Å²) in [6.45, 7) is 3.49. The van der Waals surface area contributed by atoms with E-state index in [4.69, 9.17) is 4.74 Å². The first-order valence-electron chi connectivity index (χ1n) is 6.40. The molecule has 1 aliphatic rings. The van der Waals surface area contributed by atoms with Gasteiger partial charge in [-0.25, -0.2) is 0 Å². The van der Waals surface area contributed by atoms with Gasteiger partial charge in [0.15, 0.2) is 0 Å². The van der Waals surface area contributed by atoms with Crippen molar-refractivity contribution in [3.05, 3.63) is 42.0 Å². The molecule has 0 radical (unpaired) electrons. The fourth-order valence-corrected chi connectivity index (χ4v) is 3.00. The molecule has 0 saturated carbocycles. The zero-order valence-electron chi connectivity index (χ0n) is 10.7. The Labute approximate surface area is 113 Å². The first-order chi connectivity index (χ1) is 8.77. The molecule has 1 heterocycles. The van der Waals surface area contributed by atoms with Crippen molar-refractivity contribution in [2.24, 2.45) is 5.92 Å². The summed E-state index contributed by atoms with van der Waals surface area (Å²) in [5.41, 5.74) is 1.14. The molecule has 2 rings (SSSR count). The first kappa shape index (κ1) is 13.7. The second-order valence-corrected chi connectivity index (χ2v) is 5.74. The molecule has 1 aliphatic heterocycles. The van der Waals surface area contributed by atoms with Crippen LogP contribution in [0.25, 0.3) is 0 Å². The molecule has 0 aliphatic carbocycles. The summed E-state index contributed by atoms with van der Waals surface area (Å²) in [5.74, 6) is 1.20. The van der Waals surface area contributed by atoms with Crippen molar-refractivity contribution >= 4 is 11.8 Å². The van der Waals surface area contributed by atoms with E-state index < -0.39 is 0 Å². The van der Waals surface area contributed by atoms with Crippen molar-refractivity contribution in [3.63, 3.8) is 0 Å². The number of rotatable bonds is 5. The van der Waals surface area contributed by atoms with Crippen molar-refractivity contribution in [1.82, 2.24) is 0 Å². The number of hydrogen-bond acceptors (Lipinski definition) is 3. The molecule has 3 heteroatoms. The smallest absolute Gasteiger partial charge is 0.0785 e. The minimum Gasteiger partial charge on any atom is -0.388 e. The van der Waals surface area contributed by atoms with Crippen molar-refractivity contribution in [2.45, 2.75) is 24.3 Å². The Balaban J connectivity index is 1.84. The molecule has 0 aromatic heterocycles. The van der Waals surface area contributed by atoms with Crippen molar-refractivity contribution < 1.29 is 9.84 Å². The Morgan fingerprint density at radius 3 is 2.78 bits per heavy atom. The maximum absolute atomic E-state index is 10.3. The van der Waals surface area contributed by atoms with Gasteiger partial charge in [0.05, 0.1) is 19.3 Å². The molecule has 0 spiro atoms. The van der Waals surface area contributed by atoms with E-state index in [9.17, 15) is 5.11 Å². The third-order valence-electron chi connectivity index (χ3n) is 3.17. The quantitative estimate of drug-likeness (QED) is 0.654. The Hall–Kier alpha value is -0.770. The number of thioether (sulfide) groups is 1. The van der Waals surface area contributed by atoms with Gasteiger partial charge in [-0.15, -0.1) is 11.8 Å². The van der Waals surface area contributed by atoms with Gasteiger partial charge in [0.2, 0.25) is 0 Å². The summed E-state index contributed by atoms with van der Waals surface area (Å²) in [5, 5.41) is 10.3. The van der Waals surface area contributed by atoms with Gasteiger partial charge in [-0.05, 0) is 30.0 Å². The van der Waals surface area contributed by atoms with Gasteiger partial charge in [0.25, 0.3) is 0 Å². The van der Waals surface area contributed by atoms with Crippen LogP contribution in [0, 0.1) is 5.92 Å². The van der Waals surface area contributed by atoms with Crippen molar-refractivity contribution in [3.8, 4) is 0 Å². The molecule has 0 saturated heterocycles. The number of benzene rings is 1. The fraction of sp³-hybridized carbons (Fsp3) is 0.467. The second kappa shape index (κ2) is 6.98. The van der Waals surface area contributed by atoms with Crippen LogP contribution in [0.5, 0.6) is 0 Å². The normalized spacial score (nSPS) is 19.1. The van der Waals surface area contributed by atoms with Crippen LogP contribution in [0.3, 0.4) is 0 Å². The van der Waals surface area contributed by atoms with Gasteiger partial charge >= 0.3 is 0 Å².